The summed E-state index contributed by atoms with van der Waals surface area (Å²) in [6.45, 7) is 8.28. The molecule has 0 fully saturated rings. The first-order chi connectivity index (χ1) is 16.9. The molecule has 2 aromatic carbocycles. The summed E-state index contributed by atoms with van der Waals surface area (Å²) in [7, 11) is -0.335. The van der Waals surface area contributed by atoms with E-state index >= 15 is 0 Å². The van der Waals surface area contributed by atoms with Gasteiger partial charge in [-0.05, 0) is 46.6 Å². The van der Waals surface area contributed by atoms with Gasteiger partial charge in [-0.2, -0.15) is 8.42 Å². The number of anilines is 1. The van der Waals surface area contributed by atoms with Gasteiger partial charge in [0.25, 0.3) is 10.1 Å². The van der Waals surface area contributed by atoms with Gasteiger partial charge >= 0.3 is 0 Å². The summed E-state index contributed by atoms with van der Waals surface area (Å²) in [6.07, 6.45) is 5.36. The predicted octanol–water partition coefficient (Wildman–Crippen LogP) is 6.17. The summed E-state index contributed by atoms with van der Waals surface area (Å²) < 4.78 is 38.8. The number of unbranched alkanes of at least 4 members (excludes halogenated alkanes) is 2. The van der Waals surface area contributed by atoms with Gasteiger partial charge in [0.15, 0.2) is 0 Å². The van der Waals surface area contributed by atoms with Crippen molar-refractivity contribution in [1.29, 1.82) is 0 Å². The van der Waals surface area contributed by atoms with Gasteiger partial charge in [0.2, 0.25) is 5.91 Å². The maximum Gasteiger partial charge on any atom is 0.264 e. The van der Waals surface area contributed by atoms with Gasteiger partial charge in [-0.15, -0.1) is 0 Å². The molecule has 8 heteroatoms. The van der Waals surface area contributed by atoms with Crippen LogP contribution < -0.4 is 14.8 Å². The van der Waals surface area contributed by atoms with Crippen LogP contribution in [0.15, 0.2) is 36.4 Å². The minimum absolute atomic E-state index is 0.0211. The third-order valence-corrected chi connectivity index (χ3v) is 6.62. The number of carbonyl (C=O) groups is 1. The van der Waals surface area contributed by atoms with Crippen LogP contribution >= 0.6 is 0 Å². The topological polar surface area (TPSA) is 90.9 Å². The third kappa shape index (κ3) is 9.13. The van der Waals surface area contributed by atoms with Crippen LogP contribution in [0.3, 0.4) is 0 Å². The fraction of sp³-hybridized carbons (Fsp3) is 0.536. The first kappa shape index (κ1) is 29.6. The molecule has 0 aliphatic heterocycles. The van der Waals surface area contributed by atoms with Gasteiger partial charge in [-0.3, -0.25) is 8.98 Å². The molecular weight excluding hydrogens is 478 g/mol. The molecule has 1 atom stereocenters. The lowest BCUT2D eigenvalue weighted by Gasteiger charge is -2.25. The molecule has 0 saturated carbocycles. The van der Waals surface area contributed by atoms with E-state index in [9.17, 15) is 13.2 Å². The highest BCUT2D eigenvalue weighted by molar-refractivity contribution is 7.85. The van der Waals surface area contributed by atoms with E-state index in [-0.39, 0.29) is 23.8 Å². The van der Waals surface area contributed by atoms with Crippen LogP contribution in [-0.4, -0.2) is 34.8 Å². The molecule has 1 unspecified atom stereocenters. The molecule has 7 nitrogen and oxygen atoms in total. The lowest BCUT2D eigenvalue weighted by molar-refractivity contribution is -0.116. The highest BCUT2D eigenvalue weighted by Gasteiger charge is 2.23. The lowest BCUT2D eigenvalue weighted by Crippen LogP contribution is -2.21. The van der Waals surface area contributed by atoms with Gasteiger partial charge < -0.3 is 14.8 Å². The van der Waals surface area contributed by atoms with E-state index in [2.05, 4.69) is 33.0 Å². The molecule has 0 aliphatic rings. The standard InChI is InChI=1S/C28H41NO6S/c1-8-9-10-11-21(23-14-13-22(33-5)18-26(23)34-6)17-27(30)29-25-16-20(19-35-36(7,31)32)12-15-24(25)28(2,3)4/h12-16,18,21H,8-11,17,19H2,1-7H3,(H,29,30). The highest BCUT2D eigenvalue weighted by Crippen LogP contribution is 2.36. The van der Waals surface area contributed by atoms with Crippen LogP contribution in [0, 0.1) is 0 Å². The highest BCUT2D eigenvalue weighted by atomic mass is 32.2. The molecule has 2 rings (SSSR count). The molecule has 200 valence electrons. The summed E-state index contributed by atoms with van der Waals surface area (Å²) >= 11 is 0. The maximum absolute atomic E-state index is 13.4. The van der Waals surface area contributed by atoms with Crippen molar-refractivity contribution in [3.63, 3.8) is 0 Å². The fourth-order valence-corrected chi connectivity index (χ4v) is 4.55. The summed E-state index contributed by atoms with van der Waals surface area (Å²) in [5.41, 5.74) is 3.05. The quantitative estimate of drug-likeness (QED) is 0.251. The molecule has 1 N–H and O–H groups in total. The van der Waals surface area contributed by atoms with Crippen LogP contribution in [0.4, 0.5) is 5.69 Å². The second-order valence-corrected chi connectivity index (χ2v) is 11.8. The summed E-state index contributed by atoms with van der Waals surface area (Å²) in [5.74, 6) is 1.28. The minimum atomic E-state index is -3.57. The van der Waals surface area contributed by atoms with Crippen LogP contribution in [-0.2, 0) is 31.1 Å². The largest absolute Gasteiger partial charge is 0.497 e. The molecule has 0 heterocycles. The zero-order valence-electron chi connectivity index (χ0n) is 22.6. The lowest BCUT2D eigenvalue weighted by atomic mass is 9.85. The van der Waals surface area contributed by atoms with Crippen LogP contribution in [0.25, 0.3) is 0 Å². The van der Waals surface area contributed by atoms with Crippen molar-refractivity contribution < 1.29 is 26.9 Å². The molecule has 0 bridgehead atoms. The Labute approximate surface area is 216 Å². The Morgan fingerprint density at radius 1 is 1.03 bits per heavy atom. The average molecular weight is 520 g/mol. The van der Waals surface area contributed by atoms with Crippen molar-refractivity contribution in [2.24, 2.45) is 0 Å². The Hall–Kier alpha value is -2.58. The van der Waals surface area contributed by atoms with E-state index in [1.165, 1.54) is 0 Å². The Balaban J connectivity index is 2.33. The second-order valence-electron chi connectivity index (χ2n) is 10.1. The molecule has 0 radical (unpaired) electrons. The van der Waals surface area contributed by atoms with Crippen LogP contribution in [0.1, 0.15) is 82.4 Å². The second kappa shape index (κ2) is 13.1. The maximum atomic E-state index is 13.4. The number of benzene rings is 2. The van der Waals surface area contributed by atoms with Gasteiger partial charge in [0, 0.05) is 18.2 Å². The third-order valence-electron chi connectivity index (χ3n) is 6.07. The number of rotatable bonds is 13. The number of ether oxygens (including phenoxy) is 2. The monoisotopic (exact) mass is 519 g/mol. The van der Waals surface area contributed by atoms with E-state index in [0.29, 0.717) is 29.2 Å². The molecule has 0 spiro atoms. The Morgan fingerprint density at radius 2 is 1.75 bits per heavy atom. The van der Waals surface area contributed by atoms with E-state index < -0.39 is 10.1 Å². The SMILES string of the molecule is CCCCCC(CC(=O)Nc1cc(COS(C)(=O)=O)ccc1C(C)(C)C)c1ccc(OC)cc1OC. The first-order valence-electron chi connectivity index (χ1n) is 12.4. The summed E-state index contributed by atoms with van der Waals surface area (Å²) in [6, 6.07) is 11.3. The molecule has 1 amide bonds. The number of methoxy groups -OCH3 is 2. The molecule has 36 heavy (non-hydrogen) atoms. The van der Waals surface area contributed by atoms with E-state index in [1.807, 2.05) is 30.3 Å². The Morgan fingerprint density at radius 3 is 2.33 bits per heavy atom. The van der Waals surface area contributed by atoms with E-state index in [0.717, 1.165) is 43.1 Å². The number of carbonyl (C=O) groups excluding carboxylic acids is 1. The Kier molecular flexibility index (Phi) is 10.8. The van der Waals surface area contributed by atoms with Gasteiger partial charge in [0.05, 0.1) is 27.1 Å². The molecule has 0 saturated heterocycles. The molecule has 0 aromatic heterocycles. The number of hydrogen-bond donors (Lipinski definition) is 1. The van der Waals surface area contributed by atoms with Gasteiger partial charge in [-0.1, -0.05) is 65.2 Å². The summed E-state index contributed by atoms with van der Waals surface area (Å²) in [4.78, 5) is 13.4. The van der Waals surface area contributed by atoms with Gasteiger partial charge in [0.1, 0.15) is 11.5 Å². The van der Waals surface area contributed by atoms with Gasteiger partial charge in [-0.25, -0.2) is 0 Å². The first-order valence-corrected chi connectivity index (χ1v) is 14.2. The van der Waals surface area contributed by atoms with Crippen molar-refractivity contribution in [1.82, 2.24) is 0 Å². The average Bonchev–Trinajstić information content (AvgIpc) is 2.80. The van der Waals surface area contributed by atoms with E-state index in [1.54, 1.807) is 20.3 Å². The Bertz CT molecular complexity index is 1120. The fourth-order valence-electron chi connectivity index (χ4n) is 4.20. The number of hydrogen-bond acceptors (Lipinski definition) is 6. The zero-order chi connectivity index (χ0) is 26.9. The predicted molar refractivity (Wildman–Crippen MR) is 144 cm³/mol. The minimum Gasteiger partial charge on any atom is -0.497 e. The van der Waals surface area contributed by atoms with E-state index in [4.69, 9.17) is 13.7 Å². The van der Waals surface area contributed by atoms with Crippen LogP contribution in [0.2, 0.25) is 0 Å². The van der Waals surface area contributed by atoms with Crippen molar-refractivity contribution in [2.75, 3.05) is 25.8 Å². The smallest absolute Gasteiger partial charge is 0.264 e. The zero-order valence-corrected chi connectivity index (χ0v) is 23.5. The molecule has 0 aliphatic carbocycles. The number of nitrogens with one attached hydrogen (secondary N) is 1. The summed E-state index contributed by atoms with van der Waals surface area (Å²) in [5, 5.41) is 3.10. The van der Waals surface area contributed by atoms with Crippen molar-refractivity contribution >= 4 is 21.7 Å². The molecular formula is C28H41NO6S. The molecule has 2 aromatic rings. The van der Waals surface area contributed by atoms with Crippen molar-refractivity contribution in [3.05, 3.63) is 53.1 Å². The normalized spacial score (nSPS) is 12.8. The number of amides is 1. The van der Waals surface area contributed by atoms with Crippen LogP contribution in [0.5, 0.6) is 11.5 Å². The van der Waals surface area contributed by atoms with Crippen molar-refractivity contribution in [3.8, 4) is 11.5 Å². The van der Waals surface area contributed by atoms with Crippen molar-refractivity contribution in [2.45, 2.75) is 77.7 Å².